The first kappa shape index (κ1) is 15.4. The van der Waals surface area contributed by atoms with Crippen LogP contribution in [-0.2, 0) is 19.7 Å². The van der Waals surface area contributed by atoms with Crippen LogP contribution in [0.2, 0.25) is 5.02 Å². The molecule has 1 saturated carbocycles. The molecule has 1 amide bonds. The van der Waals surface area contributed by atoms with E-state index in [2.05, 4.69) is 0 Å². The van der Waals surface area contributed by atoms with Crippen molar-refractivity contribution < 1.29 is 18.0 Å². The third-order valence-corrected chi connectivity index (χ3v) is 6.56. The van der Waals surface area contributed by atoms with Crippen molar-refractivity contribution in [3.05, 3.63) is 29.3 Å². The molecular weight excluding hydrogens is 340 g/mol. The number of benzene rings is 1. The minimum absolute atomic E-state index is 0.0447. The number of rotatable bonds is 4. The molecular formula is C15H17ClN2O4S. The Morgan fingerprint density at radius 3 is 2.70 bits per heavy atom. The van der Waals surface area contributed by atoms with Gasteiger partial charge in [0.15, 0.2) is 0 Å². The molecule has 2 heterocycles. The van der Waals surface area contributed by atoms with Gasteiger partial charge in [-0.05, 0) is 37.0 Å². The van der Waals surface area contributed by atoms with Gasteiger partial charge < -0.3 is 0 Å². The SMILES string of the molecule is O=C1CC2(CN(S(=O)(=O)c3cccc(Cl)c3)C2)ON1CC1CC1. The summed E-state index contributed by atoms with van der Waals surface area (Å²) in [5.41, 5.74) is -0.683. The van der Waals surface area contributed by atoms with E-state index in [1.54, 1.807) is 12.1 Å². The van der Waals surface area contributed by atoms with Gasteiger partial charge in [0.1, 0.15) is 5.60 Å². The van der Waals surface area contributed by atoms with Crippen LogP contribution in [0.1, 0.15) is 19.3 Å². The van der Waals surface area contributed by atoms with E-state index >= 15 is 0 Å². The second-order valence-electron chi connectivity index (χ2n) is 6.58. The summed E-state index contributed by atoms with van der Waals surface area (Å²) in [5, 5.41) is 1.81. The van der Waals surface area contributed by atoms with Gasteiger partial charge in [-0.1, -0.05) is 17.7 Å². The molecule has 1 aromatic carbocycles. The lowest BCUT2D eigenvalue weighted by atomic mass is 9.94. The van der Waals surface area contributed by atoms with Crippen molar-refractivity contribution in [2.75, 3.05) is 19.6 Å². The molecule has 0 atom stereocenters. The van der Waals surface area contributed by atoms with Crippen LogP contribution in [0.25, 0.3) is 0 Å². The molecule has 6 nitrogen and oxygen atoms in total. The summed E-state index contributed by atoms with van der Waals surface area (Å²) in [5.74, 6) is 0.497. The summed E-state index contributed by atoms with van der Waals surface area (Å²) < 4.78 is 26.5. The zero-order chi connectivity index (χ0) is 16.2. The molecule has 0 aromatic heterocycles. The Bertz CT molecular complexity index is 756. The van der Waals surface area contributed by atoms with Gasteiger partial charge in [-0.3, -0.25) is 9.63 Å². The van der Waals surface area contributed by atoms with Crippen LogP contribution in [0, 0.1) is 5.92 Å². The van der Waals surface area contributed by atoms with Crippen molar-refractivity contribution >= 4 is 27.5 Å². The van der Waals surface area contributed by atoms with Gasteiger partial charge in [0.05, 0.1) is 17.9 Å². The van der Waals surface area contributed by atoms with Crippen LogP contribution in [0.5, 0.6) is 0 Å². The van der Waals surface area contributed by atoms with E-state index in [0.717, 1.165) is 12.8 Å². The number of halogens is 1. The number of carbonyl (C=O) groups excluding carboxylic acids is 1. The Morgan fingerprint density at radius 2 is 2.04 bits per heavy atom. The summed E-state index contributed by atoms with van der Waals surface area (Å²) >= 11 is 5.87. The Balaban J connectivity index is 1.45. The highest BCUT2D eigenvalue weighted by atomic mass is 35.5. The molecule has 0 N–H and O–H groups in total. The quantitative estimate of drug-likeness (QED) is 0.822. The first-order chi connectivity index (χ1) is 10.9. The molecule has 2 saturated heterocycles. The molecule has 1 aromatic rings. The van der Waals surface area contributed by atoms with Crippen LogP contribution in [0.4, 0.5) is 0 Å². The topological polar surface area (TPSA) is 66.9 Å². The van der Waals surface area contributed by atoms with E-state index in [1.165, 1.54) is 21.5 Å². The van der Waals surface area contributed by atoms with Crippen LogP contribution in [-0.4, -0.2) is 48.9 Å². The van der Waals surface area contributed by atoms with Crippen molar-refractivity contribution in [2.45, 2.75) is 29.8 Å². The van der Waals surface area contributed by atoms with Crippen LogP contribution >= 0.6 is 11.6 Å². The minimum atomic E-state index is -3.59. The number of amides is 1. The number of nitrogens with zero attached hydrogens (tertiary/aromatic N) is 2. The number of hydrogen-bond donors (Lipinski definition) is 0. The number of sulfonamides is 1. The van der Waals surface area contributed by atoms with Gasteiger partial charge in [-0.2, -0.15) is 4.31 Å². The highest BCUT2D eigenvalue weighted by Crippen LogP contribution is 2.40. The first-order valence-electron chi connectivity index (χ1n) is 7.63. The van der Waals surface area contributed by atoms with Crippen LogP contribution in [0.3, 0.4) is 0 Å². The molecule has 1 spiro atoms. The van der Waals surface area contributed by atoms with E-state index in [9.17, 15) is 13.2 Å². The molecule has 3 fully saturated rings. The van der Waals surface area contributed by atoms with Crippen molar-refractivity contribution in [3.8, 4) is 0 Å². The lowest BCUT2D eigenvalue weighted by Gasteiger charge is -2.44. The fraction of sp³-hybridized carbons (Fsp3) is 0.533. The number of hydroxylamine groups is 2. The second-order valence-corrected chi connectivity index (χ2v) is 8.95. The second kappa shape index (κ2) is 5.17. The van der Waals surface area contributed by atoms with Crippen molar-refractivity contribution in [2.24, 2.45) is 5.92 Å². The molecule has 0 bridgehead atoms. The lowest BCUT2D eigenvalue weighted by Crippen LogP contribution is -2.63. The van der Waals surface area contributed by atoms with Crippen LogP contribution in [0.15, 0.2) is 29.2 Å². The molecule has 4 rings (SSSR count). The Kier molecular flexibility index (Phi) is 3.46. The van der Waals surface area contributed by atoms with Gasteiger partial charge in [-0.25, -0.2) is 13.5 Å². The number of hydrogen-bond acceptors (Lipinski definition) is 4. The molecule has 2 aliphatic heterocycles. The van der Waals surface area contributed by atoms with Crippen LogP contribution < -0.4 is 0 Å². The fourth-order valence-corrected chi connectivity index (χ4v) is 4.96. The summed E-state index contributed by atoms with van der Waals surface area (Å²) in [7, 11) is -3.59. The van der Waals surface area contributed by atoms with Crippen molar-refractivity contribution in [1.29, 1.82) is 0 Å². The fourth-order valence-electron chi connectivity index (χ4n) is 3.07. The molecule has 124 valence electrons. The Hall–Kier alpha value is -1.15. The van der Waals surface area contributed by atoms with Gasteiger partial charge in [0, 0.05) is 18.1 Å². The molecule has 3 aliphatic rings. The van der Waals surface area contributed by atoms with Crippen molar-refractivity contribution in [1.82, 2.24) is 9.37 Å². The van der Waals surface area contributed by atoms with Gasteiger partial charge in [0.2, 0.25) is 15.9 Å². The molecule has 0 radical (unpaired) electrons. The van der Waals surface area contributed by atoms with Gasteiger partial charge >= 0.3 is 0 Å². The summed E-state index contributed by atoms with van der Waals surface area (Å²) in [6.45, 7) is 1.03. The maximum absolute atomic E-state index is 12.6. The maximum Gasteiger partial charge on any atom is 0.249 e. The normalized spacial score (nSPS) is 24.2. The Morgan fingerprint density at radius 1 is 1.30 bits per heavy atom. The molecule has 8 heteroatoms. The highest BCUT2D eigenvalue weighted by molar-refractivity contribution is 7.89. The van der Waals surface area contributed by atoms with E-state index in [1.807, 2.05) is 0 Å². The van der Waals surface area contributed by atoms with Gasteiger partial charge in [0.25, 0.3) is 0 Å². The summed E-state index contributed by atoms with van der Waals surface area (Å²) in [6, 6.07) is 6.19. The summed E-state index contributed by atoms with van der Waals surface area (Å²) in [6.07, 6.45) is 2.52. The molecule has 1 aliphatic carbocycles. The van der Waals surface area contributed by atoms with E-state index in [4.69, 9.17) is 16.4 Å². The third-order valence-electron chi connectivity index (χ3n) is 4.54. The largest absolute Gasteiger partial charge is 0.272 e. The predicted molar refractivity (Wildman–Crippen MR) is 83.1 cm³/mol. The van der Waals surface area contributed by atoms with E-state index in [-0.39, 0.29) is 30.3 Å². The Labute approximate surface area is 140 Å². The molecule has 23 heavy (non-hydrogen) atoms. The number of carbonyl (C=O) groups is 1. The predicted octanol–water partition coefficient (Wildman–Crippen LogP) is 1.66. The first-order valence-corrected chi connectivity index (χ1v) is 9.45. The smallest absolute Gasteiger partial charge is 0.249 e. The van der Waals surface area contributed by atoms with E-state index in [0.29, 0.717) is 17.5 Å². The average Bonchev–Trinajstić information content (AvgIpc) is 3.20. The van der Waals surface area contributed by atoms with E-state index < -0.39 is 15.6 Å². The minimum Gasteiger partial charge on any atom is -0.272 e. The zero-order valence-corrected chi connectivity index (χ0v) is 14.0. The monoisotopic (exact) mass is 356 g/mol. The maximum atomic E-state index is 12.6. The summed E-state index contributed by atoms with van der Waals surface area (Å²) in [4.78, 5) is 18.0. The highest BCUT2D eigenvalue weighted by Gasteiger charge is 2.57. The average molecular weight is 357 g/mol. The standard InChI is InChI=1S/C15H17ClN2O4S/c16-12-2-1-3-13(6-12)23(20,21)17-9-15(10-17)7-14(19)18(22-15)8-11-4-5-11/h1-3,6,11H,4-5,7-10H2. The van der Waals surface area contributed by atoms with Crippen molar-refractivity contribution in [3.63, 3.8) is 0 Å². The van der Waals surface area contributed by atoms with Gasteiger partial charge in [-0.15, -0.1) is 0 Å². The zero-order valence-electron chi connectivity index (χ0n) is 12.4. The molecule has 0 unspecified atom stereocenters. The third kappa shape index (κ3) is 2.76. The lowest BCUT2D eigenvalue weighted by molar-refractivity contribution is -0.225.